The third-order valence-corrected chi connectivity index (χ3v) is 4.63. The van der Waals surface area contributed by atoms with Gasteiger partial charge in [-0.15, -0.1) is 0 Å². The van der Waals surface area contributed by atoms with Gasteiger partial charge in [-0.2, -0.15) is 0 Å². The van der Waals surface area contributed by atoms with E-state index in [9.17, 15) is 4.79 Å². The first-order valence-electron chi connectivity index (χ1n) is 9.49. The summed E-state index contributed by atoms with van der Waals surface area (Å²) < 4.78 is 22.7. The maximum atomic E-state index is 10.6. The summed E-state index contributed by atoms with van der Waals surface area (Å²) in [5.41, 5.74) is 2.37. The van der Waals surface area contributed by atoms with Gasteiger partial charge >= 0.3 is 0 Å². The molecule has 3 atom stereocenters. The lowest BCUT2D eigenvalue weighted by Crippen LogP contribution is -2.29. The van der Waals surface area contributed by atoms with Crippen molar-refractivity contribution in [3.8, 4) is 5.75 Å². The van der Waals surface area contributed by atoms with E-state index >= 15 is 0 Å². The number of allylic oxidation sites excluding steroid dienone is 1. The predicted molar refractivity (Wildman–Crippen MR) is 109 cm³/mol. The Morgan fingerprint density at radius 1 is 1.25 bits per heavy atom. The quantitative estimate of drug-likeness (QED) is 0.326. The monoisotopic (exact) mass is 386 g/mol. The molecule has 0 saturated carbocycles. The molecule has 5 heteroatoms. The number of methoxy groups -OCH3 is 2. The van der Waals surface area contributed by atoms with Crippen molar-refractivity contribution in [2.75, 3.05) is 20.8 Å². The van der Waals surface area contributed by atoms with E-state index in [1.54, 1.807) is 20.3 Å². The maximum Gasteiger partial charge on any atom is 0.142 e. The molecular weight excluding hydrogens is 356 g/mol. The lowest BCUT2D eigenvalue weighted by atomic mass is 10.0. The van der Waals surface area contributed by atoms with Crippen LogP contribution < -0.4 is 4.74 Å². The Kier molecular flexibility index (Phi) is 9.69. The molecule has 2 rings (SSSR count). The van der Waals surface area contributed by atoms with Gasteiger partial charge in [0.2, 0.25) is 0 Å². The second-order valence-electron chi connectivity index (χ2n) is 6.71. The highest BCUT2D eigenvalue weighted by Gasteiger charge is 2.20. The van der Waals surface area contributed by atoms with Gasteiger partial charge in [-0.25, -0.2) is 0 Å². The van der Waals surface area contributed by atoms with Crippen molar-refractivity contribution in [1.29, 1.82) is 0 Å². The summed E-state index contributed by atoms with van der Waals surface area (Å²) in [6, 6.07) is 7.76. The molecule has 5 nitrogen and oxygen atoms in total. The van der Waals surface area contributed by atoms with E-state index in [4.69, 9.17) is 18.9 Å². The zero-order valence-corrected chi connectivity index (χ0v) is 16.9. The molecule has 1 aliphatic rings. The van der Waals surface area contributed by atoms with Crippen molar-refractivity contribution in [3.05, 3.63) is 65.8 Å². The minimum absolute atomic E-state index is 0.0513. The molecule has 1 aromatic rings. The molecule has 28 heavy (non-hydrogen) atoms. The Labute approximate surface area is 167 Å². The predicted octanol–water partition coefficient (Wildman–Crippen LogP) is 4.03. The number of ether oxygens (including phenoxy) is 4. The van der Waals surface area contributed by atoms with E-state index in [2.05, 4.69) is 13.0 Å². The van der Waals surface area contributed by atoms with Gasteiger partial charge in [0.05, 0.1) is 32.5 Å². The molecule has 0 aliphatic carbocycles. The number of carbonyl (C=O) groups excluding carboxylic acids is 1. The Hall–Kier alpha value is -2.21. The standard InChI is InChI=1S/C23H30O5/c1-18-13-15-27-21(16-18)11-12-22(26-3)23(6-4-5-14-24)28-17-19-7-9-20(25-2)10-8-19/h4-5,7-14,21-23H,6,15-17H2,1-3H3/b5-4+,12-11-. The fraction of sp³-hybridized carbons (Fsp3) is 0.435. The third-order valence-electron chi connectivity index (χ3n) is 4.63. The summed E-state index contributed by atoms with van der Waals surface area (Å²) in [6.45, 7) is 3.19. The molecule has 152 valence electrons. The van der Waals surface area contributed by atoms with Crippen molar-refractivity contribution >= 4 is 6.29 Å². The van der Waals surface area contributed by atoms with Crippen LogP contribution in [0.2, 0.25) is 0 Å². The van der Waals surface area contributed by atoms with Gasteiger partial charge in [0.15, 0.2) is 0 Å². The largest absolute Gasteiger partial charge is 0.497 e. The van der Waals surface area contributed by atoms with Crippen LogP contribution in [0.25, 0.3) is 0 Å². The molecule has 0 aromatic heterocycles. The van der Waals surface area contributed by atoms with Gasteiger partial charge in [-0.1, -0.05) is 42.0 Å². The lowest BCUT2D eigenvalue weighted by Gasteiger charge is -2.24. The van der Waals surface area contributed by atoms with Crippen molar-refractivity contribution in [1.82, 2.24) is 0 Å². The molecule has 0 fully saturated rings. The van der Waals surface area contributed by atoms with Gasteiger partial charge in [0.1, 0.15) is 18.1 Å². The molecular formula is C23H30O5. The average Bonchev–Trinajstić information content (AvgIpc) is 2.72. The zero-order valence-electron chi connectivity index (χ0n) is 16.9. The van der Waals surface area contributed by atoms with E-state index in [0.717, 1.165) is 24.0 Å². The number of hydrogen-bond donors (Lipinski definition) is 0. The molecule has 3 unspecified atom stereocenters. The molecule has 1 aromatic carbocycles. The summed E-state index contributed by atoms with van der Waals surface area (Å²) in [6.07, 6.45) is 11.2. The van der Waals surface area contributed by atoms with Gasteiger partial charge in [0.25, 0.3) is 0 Å². The van der Waals surface area contributed by atoms with E-state index < -0.39 is 0 Å². The minimum atomic E-state index is -0.246. The highest BCUT2D eigenvalue weighted by Crippen LogP contribution is 2.19. The number of aldehydes is 1. The van der Waals surface area contributed by atoms with E-state index in [0.29, 0.717) is 19.6 Å². The summed E-state index contributed by atoms with van der Waals surface area (Å²) in [5, 5.41) is 0. The average molecular weight is 386 g/mol. The molecule has 0 radical (unpaired) electrons. The van der Waals surface area contributed by atoms with E-state index in [1.807, 2.05) is 36.4 Å². The second-order valence-corrected chi connectivity index (χ2v) is 6.71. The molecule has 0 N–H and O–H groups in total. The first kappa shape index (κ1) is 22.1. The lowest BCUT2D eigenvalue weighted by molar-refractivity contribution is -0.104. The minimum Gasteiger partial charge on any atom is -0.497 e. The Bertz CT molecular complexity index is 675. The summed E-state index contributed by atoms with van der Waals surface area (Å²) in [5.74, 6) is 0.809. The maximum absolute atomic E-state index is 10.6. The van der Waals surface area contributed by atoms with Crippen molar-refractivity contribution in [2.24, 2.45) is 0 Å². The Morgan fingerprint density at radius 3 is 2.68 bits per heavy atom. The summed E-state index contributed by atoms with van der Waals surface area (Å²) in [4.78, 5) is 10.6. The van der Waals surface area contributed by atoms with Crippen LogP contribution in [-0.4, -0.2) is 45.4 Å². The molecule has 0 amide bonds. The number of carbonyl (C=O) groups is 1. The number of benzene rings is 1. The van der Waals surface area contributed by atoms with Crippen LogP contribution >= 0.6 is 0 Å². The molecule has 0 spiro atoms. The smallest absolute Gasteiger partial charge is 0.142 e. The van der Waals surface area contributed by atoms with Crippen LogP contribution in [0.4, 0.5) is 0 Å². The Balaban J connectivity index is 2.01. The SMILES string of the molecule is COc1ccc(COC(C/C=C/C=O)C(/C=C\C2CC(C)=CCO2)OC)cc1. The van der Waals surface area contributed by atoms with Crippen LogP contribution in [0.3, 0.4) is 0 Å². The van der Waals surface area contributed by atoms with E-state index in [1.165, 1.54) is 11.6 Å². The topological polar surface area (TPSA) is 54.0 Å². The van der Waals surface area contributed by atoms with Crippen LogP contribution in [0, 0.1) is 0 Å². The van der Waals surface area contributed by atoms with Gasteiger partial charge in [-0.3, -0.25) is 4.79 Å². The highest BCUT2D eigenvalue weighted by atomic mass is 16.5. The molecule has 1 aliphatic heterocycles. The first-order chi connectivity index (χ1) is 13.7. The van der Waals surface area contributed by atoms with Crippen LogP contribution in [0.15, 0.2) is 60.2 Å². The number of hydrogen-bond acceptors (Lipinski definition) is 5. The van der Waals surface area contributed by atoms with E-state index in [-0.39, 0.29) is 18.3 Å². The fourth-order valence-electron chi connectivity index (χ4n) is 2.98. The highest BCUT2D eigenvalue weighted by molar-refractivity contribution is 5.64. The van der Waals surface area contributed by atoms with Gasteiger partial charge < -0.3 is 18.9 Å². The first-order valence-corrected chi connectivity index (χ1v) is 9.49. The number of rotatable bonds is 11. The summed E-state index contributed by atoms with van der Waals surface area (Å²) >= 11 is 0. The third kappa shape index (κ3) is 7.43. The molecule has 1 heterocycles. The fourth-order valence-corrected chi connectivity index (χ4v) is 2.98. The zero-order chi connectivity index (χ0) is 20.2. The van der Waals surface area contributed by atoms with Crippen molar-refractivity contribution in [3.63, 3.8) is 0 Å². The molecule has 0 bridgehead atoms. The van der Waals surface area contributed by atoms with Gasteiger partial charge in [-0.05, 0) is 43.5 Å². The second kappa shape index (κ2) is 12.3. The van der Waals surface area contributed by atoms with Crippen LogP contribution in [0.5, 0.6) is 5.75 Å². The summed E-state index contributed by atoms with van der Waals surface area (Å²) in [7, 11) is 3.30. The molecule has 0 saturated heterocycles. The Morgan fingerprint density at radius 2 is 2.04 bits per heavy atom. The van der Waals surface area contributed by atoms with Crippen molar-refractivity contribution < 1.29 is 23.7 Å². The van der Waals surface area contributed by atoms with Crippen LogP contribution in [-0.2, 0) is 25.6 Å². The normalized spacial score (nSPS) is 19.5. The van der Waals surface area contributed by atoms with Crippen molar-refractivity contribution in [2.45, 2.75) is 44.7 Å². The van der Waals surface area contributed by atoms with Gasteiger partial charge in [0, 0.05) is 7.11 Å². The van der Waals surface area contributed by atoms with Crippen LogP contribution in [0.1, 0.15) is 25.3 Å².